The Labute approximate surface area is 209 Å². The van der Waals surface area contributed by atoms with Crippen molar-refractivity contribution in [2.45, 2.75) is 5.92 Å². The molecule has 0 amide bonds. The fourth-order valence-corrected chi connectivity index (χ4v) is 6.02. The van der Waals surface area contributed by atoms with Crippen LogP contribution in [-0.4, -0.2) is 11.1 Å². The molecule has 0 fully saturated rings. The lowest BCUT2D eigenvalue weighted by atomic mass is 9.79. The highest BCUT2D eigenvalue weighted by Crippen LogP contribution is 2.56. The number of hydrogen-bond donors (Lipinski definition) is 1. The quantitative estimate of drug-likeness (QED) is 0.288. The Morgan fingerprint density at radius 1 is 0.472 bits per heavy atom. The zero-order valence-electron chi connectivity index (χ0n) is 19.5. The van der Waals surface area contributed by atoms with Crippen LogP contribution in [-0.2, 0) is 0 Å². The molecule has 0 aliphatic heterocycles. The van der Waals surface area contributed by atoms with Crippen LogP contribution < -0.4 is 0 Å². The maximum absolute atomic E-state index is 11.6. The van der Waals surface area contributed by atoms with Crippen LogP contribution in [0.3, 0.4) is 0 Å². The molecule has 5 aromatic rings. The number of aromatic carboxylic acids is 1. The molecule has 0 bridgehead atoms. The molecule has 0 aromatic heterocycles. The highest BCUT2D eigenvalue weighted by Gasteiger charge is 2.36. The van der Waals surface area contributed by atoms with Gasteiger partial charge in [0.05, 0.1) is 5.56 Å². The van der Waals surface area contributed by atoms with Crippen LogP contribution in [0.5, 0.6) is 0 Å². The van der Waals surface area contributed by atoms with Crippen LogP contribution in [0, 0.1) is 0 Å². The number of hydrogen-bond acceptors (Lipinski definition) is 1. The lowest BCUT2D eigenvalue weighted by molar-refractivity contribution is 0.0697. The molecule has 2 nitrogen and oxygen atoms in total. The zero-order valence-corrected chi connectivity index (χ0v) is 19.5. The van der Waals surface area contributed by atoms with Crippen molar-refractivity contribution in [2.75, 3.05) is 0 Å². The number of carboxylic acid groups (broad SMARTS) is 1. The fourth-order valence-electron chi connectivity index (χ4n) is 6.02. The Morgan fingerprint density at radius 2 is 0.861 bits per heavy atom. The first-order chi connectivity index (χ1) is 17.7. The molecule has 170 valence electrons. The Kier molecular flexibility index (Phi) is 4.55. The van der Waals surface area contributed by atoms with Gasteiger partial charge in [0.1, 0.15) is 0 Å². The Balaban J connectivity index is 1.61. The fraction of sp³-hybridized carbons (Fsp3) is 0.0294. The van der Waals surface area contributed by atoms with Gasteiger partial charge < -0.3 is 5.11 Å². The van der Waals surface area contributed by atoms with Gasteiger partial charge in [-0.05, 0) is 73.4 Å². The number of carbonyl (C=O) groups is 1. The van der Waals surface area contributed by atoms with E-state index in [0.717, 1.165) is 5.56 Å². The van der Waals surface area contributed by atoms with Crippen LogP contribution in [0.25, 0.3) is 33.4 Å². The van der Waals surface area contributed by atoms with Gasteiger partial charge in [0.2, 0.25) is 0 Å². The minimum atomic E-state index is -0.913. The summed E-state index contributed by atoms with van der Waals surface area (Å²) in [5, 5.41) is 9.55. The Morgan fingerprint density at radius 3 is 1.33 bits per heavy atom. The van der Waals surface area contributed by atoms with Crippen LogP contribution in [0.2, 0.25) is 0 Å². The molecule has 36 heavy (non-hydrogen) atoms. The van der Waals surface area contributed by atoms with Crippen molar-refractivity contribution in [2.24, 2.45) is 0 Å². The topological polar surface area (TPSA) is 37.3 Å². The summed E-state index contributed by atoms with van der Waals surface area (Å²) in [4.78, 5) is 11.6. The number of benzene rings is 5. The van der Waals surface area contributed by atoms with Crippen LogP contribution >= 0.6 is 0 Å². The predicted octanol–water partition coefficient (Wildman–Crippen LogP) is 8.14. The summed E-state index contributed by atoms with van der Waals surface area (Å²) in [6, 6.07) is 41.9. The summed E-state index contributed by atoms with van der Waals surface area (Å²) in [6.07, 6.45) is 0. The van der Waals surface area contributed by atoms with Crippen molar-refractivity contribution in [3.05, 3.63) is 155 Å². The van der Waals surface area contributed by atoms with Crippen LogP contribution in [0.4, 0.5) is 0 Å². The van der Waals surface area contributed by atoms with Crippen molar-refractivity contribution in [1.82, 2.24) is 0 Å². The van der Waals surface area contributed by atoms with E-state index >= 15 is 0 Å². The molecule has 5 aromatic carbocycles. The highest BCUT2D eigenvalue weighted by molar-refractivity contribution is 6.13. The number of allylic oxidation sites excluding steroid dienone is 1. The maximum atomic E-state index is 11.6. The molecule has 2 heteroatoms. The third-order valence-corrected chi connectivity index (χ3v) is 7.52. The first kappa shape index (κ1) is 20.7. The monoisotopic (exact) mass is 462 g/mol. The Bertz CT molecular complexity index is 1610. The molecular formula is C34H22O2. The lowest BCUT2D eigenvalue weighted by Crippen LogP contribution is -2.05. The average Bonchev–Trinajstić information content (AvgIpc) is 3.43. The molecule has 0 heterocycles. The molecule has 0 unspecified atom stereocenters. The summed E-state index contributed by atoms with van der Waals surface area (Å²) >= 11 is 0. The summed E-state index contributed by atoms with van der Waals surface area (Å²) in [5.74, 6) is -0.883. The van der Waals surface area contributed by atoms with Crippen molar-refractivity contribution in [1.29, 1.82) is 0 Å². The van der Waals surface area contributed by atoms with E-state index in [0.29, 0.717) is 5.56 Å². The summed E-state index contributed by atoms with van der Waals surface area (Å²) < 4.78 is 0. The van der Waals surface area contributed by atoms with Gasteiger partial charge in [-0.25, -0.2) is 4.79 Å². The van der Waals surface area contributed by atoms with Gasteiger partial charge in [0.15, 0.2) is 0 Å². The summed E-state index contributed by atoms with van der Waals surface area (Å²) in [7, 11) is 0. The molecule has 2 aliphatic rings. The first-order valence-electron chi connectivity index (χ1n) is 12.2. The van der Waals surface area contributed by atoms with Gasteiger partial charge in [-0.3, -0.25) is 0 Å². The van der Waals surface area contributed by atoms with E-state index in [1.165, 1.54) is 55.7 Å². The predicted molar refractivity (Wildman–Crippen MR) is 145 cm³/mol. The molecule has 0 saturated carbocycles. The number of carboxylic acids is 1. The van der Waals surface area contributed by atoms with Crippen LogP contribution in [0.1, 0.15) is 44.1 Å². The lowest BCUT2D eigenvalue weighted by Gasteiger charge is -2.23. The van der Waals surface area contributed by atoms with Gasteiger partial charge in [0, 0.05) is 5.92 Å². The second-order valence-corrected chi connectivity index (χ2v) is 9.37. The van der Waals surface area contributed by atoms with Gasteiger partial charge in [0.25, 0.3) is 0 Å². The van der Waals surface area contributed by atoms with Gasteiger partial charge in [-0.1, -0.05) is 109 Å². The first-order valence-corrected chi connectivity index (χ1v) is 12.2. The number of fused-ring (bicyclic) bond motifs is 6. The minimum absolute atomic E-state index is 0.0299. The van der Waals surface area contributed by atoms with Crippen molar-refractivity contribution < 1.29 is 9.90 Å². The van der Waals surface area contributed by atoms with E-state index in [1.54, 1.807) is 12.1 Å². The largest absolute Gasteiger partial charge is 0.478 e. The zero-order chi connectivity index (χ0) is 24.2. The highest BCUT2D eigenvalue weighted by atomic mass is 16.4. The van der Waals surface area contributed by atoms with Gasteiger partial charge in [-0.15, -0.1) is 0 Å². The molecule has 2 aliphatic carbocycles. The van der Waals surface area contributed by atoms with Crippen molar-refractivity contribution in [3.8, 4) is 22.3 Å². The average molecular weight is 463 g/mol. The SMILES string of the molecule is O=C(O)c1ccc(C(=C2c3ccccc3-c3ccccc32)C2c3ccccc3-c3ccccc32)cc1. The maximum Gasteiger partial charge on any atom is 0.335 e. The van der Waals surface area contributed by atoms with E-state index in [-0.39, 0.29) is 5.92 Å². The molecule has 7 rings (SSSR count). The molecule has 0 spiro atoms. The normalized spacial score (nSPS) is 13.1. The standard InChI is InChI=1S/C34H22O2/c35-34(36)22-19-17-21(18-20-22)31(32-27-13-5-1-9-23(27)24-10-2-6-14-28(24)32)33-29-15-7-3-11-25(29)26-12-4-8-16-30(26)33/h1-20,32H,(H,35,36). The van der Waals surface area contributed by atoms with E-state index in [1.807, 2.05) is 12.1 Å². The molecule has 0 atom stereocenters. The van der Waals surface area contributed by atoms with E-state index in [4.69, 9.17) is 0 Å². The number of rotatable bonds is 3. The minimum Gasteiger partial charge on any atom is -0.478 e. The van der Waals surface area contributed by atoms with E-state index < -0.39 is 5.97 Å². The molecular weight excluding hydrogens is 440 g/mol. The van der Waals surface area contributed by atoms with E-state index in [2.05, 4.69) is 97.1 Å². The van der Waals surface area contributed by atoms with Gasteiger partial charge >= 0.3 is 5.97 Å². The molecule has 0 saturated heterocycles. The second-order valence-electron chi connectivity index (χ2n) is 9.37. The second kappa shape index (κ2) is 7.93. The summed E-state index contributed by atoms with van der Waals surface area (Å²) in [6.45, 7) is 0. The molecule has 1 N–H and O–H groups in total. The van der Waals surface area contributed by atoms with Crippen molar-refractivity contribution >= 4 is 17.1 Å². The summed E-state index contributed by atoms with van der Waals surface area (Å²) in [5.41, 5.74) is 13.8. The third kappa shape index (κ3) is 2.95. The Hall–Kier alpha value is -4.69. The third-order valence-electron chi connectivity index (χ3n) is 7.52. The molecule has 0 radical (unpaired) electrons. The van der Waals surface area contributed by atoms with Crippen LogP contribution in [0.15, 0.2) is 121 Å². The van der Waals surface area contributed by atoms with E-state index in [9.17, 15) is 9.90 Å². The van der Waals surface area contributed by atoms with Gasteiger partial charge in [-0.2, -0.15) is 0 Å². The van der Waals surface area contributed by atoms with Crippen molar-refractivity contribution in [3.63, 3.8) is 0 Å². The smallest absolute Gasteiger partial charge is 0.335 e.